The number of nitrogens with zero attached hydrogens (tertiary/aromatic N) is 5. The van der Waals surface area contributed by atoms with Gasteiger partial charge in [0.15, 0.2) is 5.65 Å². The quantitative estimate of drug-likeness (QED) is 0.336. The summed E-state index contributed by atoms with van der Waals surface area (Å²) in [6.45, 7) is 2.15. The minimum atomic E-state index is 0.190. The van der Waals surface area contributed by atoms with Gasteiger partial charge < -0.3 is 10.2 Å². The second-order valence-electron chi connectivity index (χ2n) is 10.2. The summed E-state index contributed by atoms with van der Waals surface area (Å²) in [5, 5.41) is 8.06. The molecular formula is C31H31BN6O. The Balaban J connectivity index is 1.10. The molecule has 0 atom stereocenters. The van der Waals surface area contributed by atoms with Crippen molar-refractivity contribution in [3.63, 3.8) is 0 Å². The largest absolute Gasteiger partial charge is 0.366 e. The SMILES string of the molecule is Bc1cnn2c(NCc3cccnc3)cc(C3CCN(C(=O)Cc4ccc(-c5ccccc5)cc4)CC3)nc12. The fourth-order valence-corrected chi connectivity index (χ4v) is 5.28. The fourth-order valence-electron chi connectivity index (χ4n) is 5.28. The number of hydrogen-bond donors (Lipinski definition) is 1. The molecule has 1 aliphatic heterocycles. The van der Waals surface area contributed by atoms with E-state index in [2.05, 4.69) is 63.9 Å². The first-order chi connectivity index (χ1) is 19.1. The van der Waals surface area contributed by atoms with Crippen LogP contribution in [-0.2, 0) is 17.8 Å². The lowest BCUT2D eigenvalue weighted by Gasteiger charge is -2.32. The Hall–Kier alpha value is -4.46. The molecule has 0 radical (unpaired) electrons. The molecule has 194 valence electrons. The Morgan fingerprint density at radius 3 is 2.44 bits per heavy atom. The summed E-state index contributed by atoms with van der Waals surface area (Å²) in [5.74, 6) is 1.41. The van der Waals surface area contributed by atoms with Crippen LogP contribution < -0.4 is 10.8 Å². The van der Waals surface area contributed by atoms with Crippen molar-refractivity contribution >= 4 is 30.7 Å². The van der Waals surface area contributed by atoms with Crippen LogP contribution in [0.15, 0.2) is 91.4 Å². The van der Waals surface area contributed by atoms with Gasteiger partial charge in [-0.15, -0.1) is 0 Å². The minimum absolute atomic E-state index is 0.190. The lowest BCUT2D eigenvalue weighted by atomic mass is 9.92. The van der Waals surface area contributed by atoms with Crippen molar-refractivity contribution < 1.29 is 4.79 Å². The van der Waals surface area contributed by atoms with Gasteiger partial charge in [-0.3, -0.25) is 9.78 Å². The number of hydrogen-bond acceptors (Lipinski definition) is 5. The van der Waals surface area contributed by atoms with Gasteiger partial charge in [0.05, 0.1) is 6.42 Å². The number of rotatable bonds is 7. The van der Waals surface area contributed by atoms with Crippen molar-refractivity contribution in [2.45, 2.75) is 31.7 Å². The second-order valence-corrected chi connectivity index (χ2v) is 10.2. The molecule has 5 aromatic rings. The van der Waals surface area contributed by atoms with Crippen LogP contribution in [0.2, 0.25) is 0 Å². The van der Waals surface area contributed by atoms with Crippen LogP contribution in [0, 0.1) is 0 Å². The maximum atomic E-state index is 13.1. The second kappa shape index (κ2) is 11.1. The summed E-state index contributed by atoms with van der Waals surface area (Å²) in [7, 11) is 2.04. The van der Waals surface area contributed by atoms with Crippen LogP contribution in [0.4, 0.5) is 5.82 Å². The number of benzene rings is 2. The molecule has 1 aliphatic rings. The number of nitrogens with one attached hydrogen (secondary N) is 1. The number of carbonyl (C=O) groups excluding carboxylic acids is 1. The summed E-state index contributed by atoms with van der Waals surface area (Å²) in [6.07, 6.45) is 7.73. The molecular weight excluding hydrogens is 483 g/mol. The smallest absolute Gasteiger partial charge is 0.226 e. The van der Waals surface area contributed by atoms with Gasteiger partial charge in [-0.2, -0.15) is 9.61 Å². The van der Waals surface area contributed by atoms with Crippen molar-refractivity contribution in [2.24, 2.45) is 0 Å². The summed E-state index contributed by atoms with van der Waals surface area (Å²) >= 11 is 0. The fraction of sp³-hybridized carbons (Fsp3) is 0.226. The Morgan fingerprint density at radius 2 is 1.69 bits per heavy atom. The predicted molar refractivity (Wildman–Crippen MR) is 157 cm³/mol. The van der Waals surface area contributed by atoms with E-state index < -0.39 is 0 Å². The van der Waals surface area contributed by atoms with E-state index >= 15 is 0 Å². The van der Waals surface area contributed by atoms with Crippen LogP contribution in [0.25, 0.3) is 16.8 Å². The van der Waals surface area contributed by atoms with Crippen molar-refractivity contribution in [3.8, 4) is 11.1 Å². The van der Waals surface area contributed by atoms with Gasteiger partial charge in [-0.25, -0.2) is 4.98 Å². The lowest BCUT2D eigenvalue weighted by molar-refractivity contribution is -0.131. The Morgan fingerprint density at radius 1 is 0.923 bits per heavy atom. The topological polar surface area (TPSA) is 75.4 Å². The van der Waals surface area contributed by atoms with E-state index in [0.29, 0.717) is 18.9 Å². The third kappa shape index (κ3) is 5.55. The summed E-state index contributed by atoms with van der Waals surface area (Å²) in [4.78, 5) is 24.3. The highest BCUT2D eigenvalue weighted by Crippen LogP contribution is 2.29. The van der Waals surface area contributed by atoms with Crippen molar-refractivity contribution in [1.82, 2.24) is 24.5 Å². The molecule has 6 rings (SSSR count). The molecule has 0 bridgehead atoms. The summed E-state index contributed by atoms with van der Waals surface area (Å²) in [6, 6.07) is 24.8. The predicted octanol–water partition coefficient (Wildman–Crippen LogP) is 3.61. The van der Waals surface area contributed by atoms with E-state index in [-0.39, 0.29) is 5.91 Å². The number of carbonyl (C=O) groups is 1. The third-order valence-electron chi connectivity index (χ3n) is 7.55. The van der Waals surface area contributed by atoms with Crippen LogP contribution in [0.3, 0.4) is 0 Å². The van der Waals surface area contributed by atoms with E-state index in [9.17, 15) is 4.79 Å². The number of anilines is 1. The van der Waals surface area contributed by atoms with Crippen LogP contribution in [0.1, 0.15) is 35.6 Å². The molecule has 7 nitrogen and oxygen atoms in total. The summed E-state index contributed by atoms with van der Waals surface area (Å²) in [5.41, 5.74) is 7.49. The molecule has 0 saturated carbocycles. The van der Waals surface area contributed by atoms with Gasteiger partial charge in [-0.1, -0.05) is 60.7 Å². The molecule has 2 aromatic carbocycles. The van der Waals surface area contributed by atoms with E-state index in [1.807, 2.05) is 53.9 Å². The van der Waals surface area contributed by atoms with Crippen molar-refractivity contribution in [1.29, 1.82) is 0 Å². The van der Waals surface area contributed by atoms with Crippen LogP contribution in [-0.4, -0.2) is 51.3 Å². The molecule has 1 fully saturated rings. The van der Waals surface area contributed by atoms with Gasteiger partial charge in [-0.05, 0) is 46.6 Å². The third-order valence-corrected chi connectivity index (χ3v) is 7.55. The van der Waals surface area contributed by atoms with Gasteiger partial charge in [0.1, 0.15) is 13.7 Å². The maximum Gasteiger partial charge on any atom is 0.226 e. The number of amides is 1. The monoisotopic (exact) mass is 514 g/mol. The molecule has 8 heteroatoms. The zero-order chi connectivity index (χ0) is 26.6. The number of pyridine rings is 1. The first-order valence-corrected chi connectivity index (χ1v) is 13.5. The minimum Gasteiger partial charge on any atom is -0.366 e. The van der Waals surface area contributed by atoms with E-state index in [4.69, 9.17) is 4.98 Å². The van der Waals surface area contributed by atoms with E-state index in [1.165, 1.54) is 11.1 Å². The van der Waals surface area contributed by atoms with E-state index in [1.54, 1.807) is 6.20 Å². The number of fused-ring (bicyclic) bond motifs is 1. The van der Waals surface area contributed by atoms with Crippen molar-refractivity contribution in [3.05, 3.63) is 108 Å². The summed E-state index contributed by atoms with van der Waals surface area (Å²) < 4.78 is 1.87. The average Bonchev–Trinajstić information content (AvgIpc) is 3.38. The Labute approximate surface area is 229 Å². The first kappa shape index (κ1) is 24.9. The van der Waals surface area contributed by atoms with Crippen LogP contribution >= 0.6 is 0 Å². The maximum absolute atomic E-state index is 13.1. The standard InChI is InChI=1S/C31H31BN6O/c32-27-21-35-38-29(34-20-23-5-4-14-33-19-23)18-28(36-31(27)38)26-12-15-37(16-13-26)30(39)17-22-8-10-25(11-9-22)24-6-2-1-3-7-24/h1-11,14,18-19,21,26,34H,12-13,15-17,20,32H2. The molecule has 4 heterocycles. The molecule has 1 saturated heterocycles. The van der Waals surface area contributed by atoms with Gasteiger partial charge in [0.2, 0.25) is 5.91 Å². The molecule has 0 spiro atoms. The molecule has 0 aliphatic carbocycles. The highest BCUT2D eigenvalue weighted by molar-refractivity contribution is 6.36. The van der Waals surface area contributed by atoms with Crippen LogP contribution in [0.5, 0.6) is 0 Å². The average molecular weight is 514 g/mol. The van der Waals surface area contributed by atoms with Gasteiger partial charge in [0.25, 0.3) is 0 Å². The molecule has 0 unspecified atom stereocenters. The molecule has 3 aromatic heterocycles. The van der Waals surface area contributed by atoms with Gasteiger partial charge in [0, 0.05) is 55.9 Å². The zero-order valence-electron chi connectivity index (χ0n) is 22.1. The number of likely N-dealkylation sites (tertiary alicyclic amines) is 1. The first-order valence-electron chi connectivity index (χ1n) is 13.5. The number of aromatic nitrogens is 4. The zero-order valence-corrected chi connectivity index (χ0v) is 22.1. The molecule has 39 heavy (non-hydrogen) atoms. The highest BCUT2D eigenvalue weighted by atomic mass is 16.2. The number of piperidine rings is 1. The Kier molecular flexibility index (Phi) is 7.08. The van der Waals surface area contributed by atoms with Gasteiger partial charge >= 0.3 is 0 Å². The highest BCUT2D eigenvalue weighted by Gasteiger charge is 2.26. The molecule has 1 N–H and O–H groups in total. The van der Waals surface area contributed by atoms with E-state index in [0.717, 1.165) is 59.7 Å². The Bertz CT molecular complexity index is 1560. The van der Waals surface area contributed by atoms with Crippen molar-refractivity contribution in [2.75, 3.05) is 18.4 Å². The normalized spacial score (nSPS) is 14.0. The molecule has 1 amide bonds. The lowest BCUT2D eigenvalue weighted by Crippen LogP contribution is -2.39.